The topological polar surface area (TPSA) is 95.8 Å². The number of hydrogen-bond donors (Lipinski definition) is 0. The van der Waals surface area contributed by atoms with Gasteiger partial charge in [0.1, 0.15) is 23.0 Å². The second kappa shape index (κ2) is 25.6. The molecule has 538 valence electrons. The van der Waals surface area contributed by atoms with E-state index >= 15 is 0 Å². The van der Waals surface area contributed by atoms with Crippen LogP contribution >= 0.6 is 0 Å². The molecule has 4 heterocycles. The molecule has 115 heavy (non-hydrogen) atoms. The predicted molar refractivity (Wildman–Crippen MR) is 460 cm³/mol. The Bertz CT molecular complexity index is 6960. The van der Waals surface area contributed by atoms with Crippen molar-refractivity contribution in [3.63, 3.8) is 0 Å². The molecule has 2 aliphatic heterocycles. The van der Waals surface area contributed by atoms with E-state index in [0.717, 1.165) is 123 Å². The summed E-state index contributed by atoms with van der Waals surface area (Å²) in [6, 6.07) is 135. The normalized spacial score (nSPS) is 13.8. The number of hydrogen-bond acceptors (Lipinski definition) is 8. The average Bonchev–Trinajstić information content (AvgIpc) is 1.69. The van der Waals surface area contributed by atoms with E-state index in [2.05, 4.69) is 329 Å². The minimum atomic E-state index is -0.785. The number of para-hydroxylation sites is 1. The first kappa shape index (κ1) is 66.0. The van der Waals surface area contributed by atoms with E-state index in [9.17, 15) is 0 Å². The molecule has 0 N–H and O–H groups in total. The van der Waals surface area contributed by atoms with E-state index in [-0.39, 0.29) is 5.41 Å². The van der Waals surface area contributed by atoms with Crippen LogP contribution in [-0.4, -0.2) is 29.9 Å². The van der Waals surface area contributed by atoms with Gasteiger partial charge in [0.2, 0.25) is 0 Å². The van der Waals surface area contributed by atoms with Gasteiger partial charge in [-0.3, -0.25) is 0 Å². The molecule has 5 aliphatic rings. The zero-order valence-electron chi connectivity index (χ0n) is 62.8. The molecule has 0 unspecified atom stereocenters. The van der Waals surface area contributed by atoms with E-state index in [1.165, 1.54) is 66.8 Å². The molecule has 16 aromatic carbocycles. The van der Waals surface area contributed by atoms with Gasteiger partial charge in [0.15, 0.2) is 34.9 Å². The van der Waals surface area contributed by atoms with Gasteiger partial charge >= 0.3 is 0 Å². The molecule has 18 aromatic rings. The maximum atomic E-state index is 7.25. The fourth-order valence-corrected chi connectivity index (χ4v) is 19.3. The molecule has 23 rings (SSSR count). The van der Waals surface area contributed by atoms with E-state index in [4.69, 9.17) is 39.4 Å². The monoisotopic (exact) mass is 1470 g/mol. The highest BCUT2D eigenvalue weighted by Crippen LogP contribution is 2.65. The van der Waals surface area contributed by atoms with Crippen LogP contribution in [0.3, 0.4) is 0 Å². The van der Waals surface area contributed by atoms with Crippen LogP contribution in [-0.2, 0) is 16.2 Å². The SMILES string of the molecule is CC1(C)c2ccccc2-c2ccc(-c3nc(-c4cccc(-c5ccc6c(c5)C5(c7cc(-c8cccc(-c9cccc(-c%10nc(-c%11ccccc%11)nc(-c%11ccccc%11)n%10)c9)c8)ccc7O6)c6ccccc6-c6ccccc65)c4)nc(-c4ccccc4-c4ccc5c(c4)C4(c6ccccc6O5)c5ccccc5-c5ccccc54)n3)cc21. The molecule has 0 bridgehead atoms. The lowest BCUT2D eigenvalue weighted by molar-refractivity contribution is 0.436. The molecular weight excluding hydrogens is 1400 g/mol. The van der Waals surface area contributed by atoms with Crippen LogP contribution in [0.15, 0.2) is 376 Å². The van der Waals surface area contributed by atoms with Gasteiger partial charge in [0.25, 0.3) is 0 Å². The first-order valence-corrected chi connectivity index (χ1v) is 39.3. The number of aromatic nitrogens is 6. The second-order valence-electron chi connectivity index (χ2n) is 31.1. The Morgan fingerprint density at radius 2 is 0.435 bits per heavy atom. The standard InChI is InChI=1S/C107H68N6O2/c1-105(2)85-43-16-11-37-78(85)83-54-50-76(64-91(83)105)103-111-102(112-104(113-103)84-42-10-9-36-77(84)73-53-57-98-94(63-73)106(90-48-21-22-49-95(90)114-98)86-44-17-12-38-79(86)80-39-13-18-45-87(80)106)75-35-25-33-70(60-75)72-52-56-97-93(62-72)107(88-46-19-14-40-81(88)82-41-15-20-47-89(82)107)92-61-71(51-55-96(92)115-97)68-31-23-30-67(58-68)69-32-24-34-74(59-69)101-109-99(65-26-5-3-6-27-65)108-100(110-101)66-28-7-4-8-29-66/h3-64H,1-2H3. The average molecular weight is 1470 g/mol. The molecule has 8 heteroatoms. The molecule has 0 saturated carbocycles. The number of rotatable bonds is 10. The van der Waals surface area contributed by atoms with Gasteiger partial charge in [-0.15, -0.1) is 0 Å². The Morgan fingerprint density at radius 1 is 0.165 bits per heavy atom. The van der Waals surface area contributed by atoms with Crippen molar-refractivity contribution in [3.05, 3.63) is 432 Å². The van der Waals surface area contributed by atoms with Crippen LogP contribution in [0.4, 0.5) is 0 Å². The molecule has 2 spiro atoms. The predicted octanol–water partition coefficient (Wildman–Crippen LogP) is 26.0. The third-order valence-corrected chi connectivity index (χ3v) is 24.5. The highest BCUT2D eigenvalue weighted by molar-refractivity contribution is 5.94. The Kier molecular flexibility index (Phi) is 14.7. The van der Waals surface area contributed by atoms with Crippen molar-refractivity contribution >= 4 is 0 Å². The minimum Gasteiger partial charge on any atom is -0.457 e. The van der Waals surface area contributed by atoms with Crippen LogP contribution in [0, 0.1) is 0 Å². The van der Waals surface area contributed by atoms with Crippen molar-refractivity contribution in [2.45, 2.75) is 30.1 Å². The maximum Gasteiger partial charge on any atom is 0.164 e. The number of nitrogens with zero attached hydrogens (tertiary/aromatic N) is 6. The van der Waals surface area contributed by atoms with Crippen LogP contribution in [0.1, 0.15) is 69.5 Å². The van der Waals surface area contributed by atoms with Gasteiger partial charge in [-0.2, -0.15) is 0 Å². The number of ether oxygens (including phenoxy) is 2. The van der Waals surface area contributed by atoms with Crippen LogP contribution in [0.5, 0.6) is 23.0 Å². The highest BCUT2D eigenvalue weighted by Gasteiger charge is 2.53. The van der Waals surface area contributed by atoms with Gasteiger partial charge in [0, 0.05) is 61.0 Å². The lowest BCUT2D eigenvalue weighted by Crippen LogP contribution is -2.32. The Balaban J connectivity index is 0.649. The van der Waals surface area contributed by atoms with Gasteiger partial charge in [-0.25, -0.2) is 29.9 Å². The van der Waals surface area contributed by atoms with Crippen LogP contribution in [0.2, 0.25) is 0 Å². The largest absolute Gasteiger partial charge is 0.457 e. The zero-order valence-corrected chi connectivity index (χ0v) is 62.8. The van der Waals surface area contributed by atoms with Gasteiger partial charge in [0.05, 0.1) is 10.8 Å². The van der Waals surface area contributed by atoms with Crippen molar-refractivity contribution in [2.75, 3.05) is 0 Å². The van der Waals surface area contributed by atoms with Crippen molar-refractivity contribution in [1.82, 2.24) is 29.9 Å². The Hall–Kier alpha value is -14.9. The van der Waals surface area contributed by atoms with Crippen LogP contribution < -0.4 is 9.47 Å². The summed E-state index contributed by atoms with van der Waals surface area (Å²) in [7, 11) is 0. The molecule has 0 radical (unpaired) electrons. The Labute approximate surface area is 666 Å². The summed E-state index contributed by atoms with van der Waals surface area (Å²) < 4.78 is 14.2. The van der Waals surface area contributed by atoms with E-state index < -0.39 is 10.8 Å². The molecule has 2 aromatic heterocycles. The first-order valence-electron chi connectivity index (χ1n) is 39.3. The third-order valence-electron chi connectivity index (χ3n) is 24.5. The maximum absolute atomic E-state index is 7.25. The lowest BCUT2D eigenvalue weighted by Gasteiger charge is -2.40. The fraction of sp³-hybridized carbons (Fsp3) is 0.0467. The summed E-state index contributed by atoms with van der Waals surface area (Å²) in [5.74, 6) is 6.83. The molecule has 0 atom stereocenters. The summed E-state index contributed by atoms with van der Waals surface area (Å²) in [5.41, 5.74) is 31.0. The van der Waals surface area contributed by atoms with Crippen molar-refractivity contribution < 1.29 is 9.47 Å². The van der Waals surface area contributed by atoms with E-state index in [1.807, 2.05) is 60.7 Å². The molecule has 3 aliphatic carbocycles. The first-order chi connectivity index (χ1) is 56.7. The van der Waals surface area contributed by atoms with E-state index in [0.29, 0.717) is 34.9 Å². The minimum absolute atomic E-state index is 0.260. The van der Waals surface area contributed by atoms with Crippen molar-refractivity contribution in [3.8, 4) is 169 Å². The fourth-order valence-electron chi connectivity index (χ4n) is 19.3. The summed E-state index contributed by atoms with van der Waals surface area (Å²) in [5, 5.41) is 0. The molecule has 0 fully saturated rings. The number of fused-ring (bicyclic) bond motifs is 21. The second-order valence-corrected chi connectivity index (χ2v) is 31.1. The molecule has 8 nitrogen and oxygen atoms in total. The quantitative estimate of drug-likeness (QED) is 0.134. The highest BCUT2D eigenvalue weighted by atomic mass is 16.5. The zero-order chi connectivity index (χ0) is 76.1. The molecular formula is C107H68N6O2. The van der Waals surface area contributed by atoms with Gasteiger partial charge in [-0.05, 0) is 178 Å². The third kappa shape index (κ3) is 10.1. The summed E-state index contributed by atoms with van der Waals surface area (Å²) in [6.07, 6.45) is 0. The van der Waals surface area contributed by atoms with Gasteiger partial charge < -0.3 is 9.47 Å². The number of benzene rings is 16. The van der Waals surface area contributed by atoms with Gasteiger partial charge in [-0.1, -0.05) is 323 Å². The van der Waals surface area contributed by atoms with Crippen molar-refractivity contribution in [2.24, 2.45) is 0 Å². The lowest BCUT2D eigenvalue weighted by atomic mass is 9.65. The summed E-state index contributed by atoms with van der Waals surface area (Å²) in [4.78, 5) is 32.0. The summed E-state index contributed by atoms with van der Waals surface area (Å²) >= 11 is 0. The van der Waals surface area contributed by atoms with E-state index in [1.54, 1.807) is 0 Å². The summed E-state index contributed by atoms with van der Waals surface area (Å²) in [6.45, 7) is 4.64. The van der Waals surface area contributed by atoms with Crippen LogP contribution in [0.25, 0.3) is 146 Å². The smallest absolute Gasteiger partial charge is 0.164 e. The molecule has 0 saturated heterocycles. The Morgan fingerprint density at radius 3 is 0.896 bits per heavy atom. The molecule has 0 amide bonds. The van der Waals surface area contributed by atoms with Crippen molar-refractivity contribution in [1.29, 1.82) is 0 Å².